The third-order valence-electron chi connectivity index (χ3n) is 2.93. The first-order valence-electron chi connectivity index (χ1n) is 6.40. The molecule has 0 aliphatic rings. The summed E-state index contributed by atoms with van der Waals surface area (Å²) in [5.74, 6) is 0.0257. The zero-order valence-corrected chi connectivity index (χ0v) is 10.9. The van der Waals surface area contributed by atoms with Crippen molar-refractivity contribution < 1.29 is 9.90 Å². The van der Waals surface area contributed by atoms with Gasteiger partial charge in [-0.25, -0.2) is 0 Å². The lowest BCUT2D eigenvalue weighted by Gasteiger charge is -2.15. The number of amides is 1. The van der Waals surface area contributed by atoms with E-state index in [1.165, 1.54) is 0 Å². The highest BCUT2D eigenvalue weighted by Gasteiger charge is 2.09. The van der Waals surface area contributed by atoms with E-state index in [-0.39, 0.29) is 18.6 Å². The Kier molecular flexibility index (Phi) is 6.22. The van der Waals surface area contributed by atoms with Crippen LogP contribution in [0.25, 0.3) is 0 Å². The number of anilines is 1. The van der Waals surface area contributed by atoms with Gasteiger partial charge in [-0.05, 0) is 37.0 Å². The summed E-state index contributed by atoms with van der Waals surface area (Å²) in [6.45, 7) is 2.10. The SMILES string of the molecule is CCC(CCO)NC(=O)CCc1cccc(N)c1. The summed E-state index contributed by atoms with van der Waals surface area (Å²) in [5, 5.41) is 11.8. The number of benzene rings is 1. The molecule has 0 bridgehead atoms. The quantitative estimate of drug-likeness (QED) is 0.642. The third-order valence-corrected chi connectivity index (χ3v) is 2.93. The third kappa shape index (κ3) is 5.19. The summed E-state index contributed by atoms with van der Waals surface area (Å²) in [6.07, 6.45) is 2.59. The van der Waals surface area contributed by atoms with E-state index in [1.54, 1.807) is 0 Å². The predicted octanol–water partition coefficient (Wildman–Crippen LogP) is 1.48. The molecule has 0 aromatic heterocycles. The van der Waals surface area contributed by atoms with Crippen molar-refractivity contribution in [2.45, 2.75) is 38.6 Å². The molecule has 1 rings (SSSR count). The number of rotatable bonds is 7. The lowest BCUT2D eigenvalue weighted by Crippen LogP contribution is -2.35. The van der Waals surface area contributed by atoms with Gasteiger partial charge in [0.1, 0.15) is 0 Å². The van der Waals surface area contributed by atoms with Crippen molar-refractivity contribution in [3.05, 3.63) is 29.8 Å². The topological polar surface area (TPSA) is 75.3 Å². The second-order valence-corrected chi connectivity index (χ2v) is 4.43. The van der Waals surface area contributed by atoms with Crippen LogP contribution < -0.4 is 11.1 Å². The standard InChI is InChI=1S/C14H22N2O2/c1-2-13(8-9-17)16-14(18)7-6-11-4-3-5-12(15)10-11/h3-5,10,13,17H,2,6-9,15H2,1H3,(H,16,18). The lowest BCUT2D eigenvalue weighted by molar-refractivity contribution is -0.121. The van der Waals surface area contributed by atoms with Crippen LogP contribution in [0, 0.1) is 0 Å². The number of aryl methyl sites for hydroxylation is 1. The van der Waals surface area contributed by atoms with Gasteiger partial charge in [0.05, 0.1) is 0 Å². The monoisotopic (exact) mass is 250 g/mol. The molecule has 1 aromatic rings. The molecule has 1 unspecified atom stereocenters. The summed E-state index contributed by atoms with van der Waals surface area (Å²) in [4.78, 5) is 11.7. The van der Waals surface area contributed by atoms with Gasteiger partial charge in [0, 0.05) is 24.8 Å². The first-order chi connectivity index (χ1) is 8.65. The van der Waals surface area contributed by atoms with Crippen LogP contribution in [-0.2, 0) is 11.2 Å². The van der Waals surface area contributed by atoms with Crippen LogP contribution in [-0.4, -0.2) is 23.7 Å². The Morgan fingerprint density at radius 3 is 2.89 bits per heavy atom. The van der Waals surface area contributed by atoms with Crippen LogP contribution in [0.4, 0.5) is 5.69 Å². The molecule has 1 atom stereocenters. The largest absolute Gasteiger partial charge is 0.399 e. The van der Waals surface area contributed by atoms with Gasteiger partial charge < -0.3 is 16.2 Å². The van der Waals surface area contributed by atoms with Crippen LogP contribution in [0.5, 0.6) is 0 Å². The minimum absolute atomic E-state index is 0.0257. The molecule has 4 nitrogen and oxygen atoms in total. The van der Waals surface area contributed by atoms with Crippen molar-refractivity contribution in [3.8, 4) is 0 Å². The van der Waals surface area contributed by atoms with Crippen molar-refractivity contribution in [2.24, 2.45) is 0 Å². The summed E-state index contributed by atoms with van der Waals surface area (Å²) in [7, 11) is 0. The maximum absolute atomic E-state index is 11.7. The summed E-state index contributed by atoms with van der Waals surface area (Å²) < 4.78 is 0. The van der Waals surface area contributed by atoms with E-state index in [1.807, 2.05) is 31.2 Å². The Labute approximate surface area is 108 Å². The molecule has 0 spiro atoms. The normalized spacial score (nSPS) is 12.1. The van der Waals surface area contributed by atoms with Crippen molar-refractivity contribution in [1.29, 1.82) is 0 Å². The van der Waals surface area contributed by atoms with Crippen molar-refractivity contribution >= 4 is 11.6 Å². The molecule has 0 heterocycles. The van der Waals surface area contributed by atoms with Gasteiger partial charge in [-0.3, -0.25) is 4.79 Å². The number of hydrogen-bond donors (Lipinski definition) is 3. The molecular formula is C14H22N2O2. The van der Waals surface area contributed by atoms with Crippen molar-refractivity contribution in [2.75, 3.05) is 12.3 Å². The van der Waals surface area contributed by atoms with E-state index in [4.69, 9.17) is 10.8 Å². The molecule has 18 heavy (non-hydrogen) atoms. The van der Waals surface area contributed by atoms with Crippen LogP contribution >= 0.6 is 0 Å². The van der Waals surface area contributed by atoms with Crippen LogP contribution in [0.15, 0.2) is 24.3 Å². The molecule has 100 valence electrons. The number of aliphatic hydroxyl groups is 1. The molecule has 0 radical (unpaired) electrons. The van der Waals surface area contributed by atoms with Gasteiger partial charge >= 0.3 is 0 Å². The molecule has 0 aliphatic heterocycles. The summed E-state index contributed by atoms with van der Waals surface area (Å²) in [5.41, 5.74) is 7.47. The highest BCUT2D eigenvalue weighted by Crippen LogP contribution is 2.09. The number of nitrogens with one attached hydrogen (secondary N) is 1. The molecule has 0 saturated carbocycles. The smallest absolute Gasteiger partial charge is 0.220 e. The second-order valence-electron chi connectivity index (χ2n) is 4.43. The second kappa shape index (κ2) is 7.71. The lowest BCUT2D eigenvalue weighted by atomic mass is 10.1. The van der Waals surface area contributed by atoms with E-state index in [0.717, 1.165) is 17.7 Å². The number of aliphatic hydroxyl groups excluding tert-OH is 1. The van der Waals surface area contributed by atoms with E-state index in [0.29, 0.717) is 19.3 Å². The van der Waals surface area contributed by atoms with Gasteiger partial charge in [-0.2, -0.15) is 0 Å². The van der Waals surface area contributed by atoms with Crippen LogP contribution in [0.3, 0.4) is 0 Å². The fourth-order valence-corrected chi connectivity index (χ4v) is 1.84. The molecule has 4 heteroatoms. The zero-order chi connectivity index (χ0) is 13.4. The Hall–Kier alpha value is -1.55. The Balaban J connectivity index is 2.36. The molecular weight excluding hydrogens is 228 g/mol. The number of carbonyl (C=O) groups is 1. The summed E-state index contributed by atoms with van der Waals surface area (Å²) >= 11 is 0. The van der Waals surface area contributed by atoms with Gasteiger partial charge in [-0.15, -0.1) is 0 Å². The Morgan fingerprint density at radius 1 is 1.50 bits per heavy atom. The van der Waals surface area contributed by atoms with Crippen LogP contribution in [0.1, 0.15) is 31.7 Å². The van der Waals surface area contributed by atoms with E-state index in [9.17, 15) is 4.79 Å². The fraction of sp³-hybridized carbons (Fsp3) is 0.500. The van der Waals surface area contributed by atoms with Gasteiger partial charge in [0.25, 0.3) is 0 Å². The number of carbonyl (C=O) groups excluding carboxylic acids is 1. The van der Waals surface area contributed by atoms with E-state index < -0.39 is 0 Å². The highest BCUT2D eigenvalue weighted by atomic mass is 16.3. The Bertz CT molecular complexity index is 380. The number of nitrogens with two attached hydrogens (primary N) is 1. The van der Waals surface area contributed by atoms with E-state index >= 15 is 0 Å². The summed E-state index contributed by atoms with van der Waals surface area (Å²) in [6, 6.07) is 7.65. The average molecular weight is 250 g/mol. The molecule has 1 aromatic carbocycles. The zero-order valence-electron chi connectivity index (χ0n) is 10.9. The molecule has 0 fully saturated rings. The van der Waals surface area contributed by atoms with Crippen molar-refractivity contribution in [3.63, 3.8) is 0 Å². The molecule has 1 amide bonds. The first kappa shape index (κ1) is 14.5. The van der Waals surface area contributed by atoms with Crippen molar-refractivity contribution in [1.82, 2.24) is 5.32 Å². The molecule has 4 N–H and O–H groups in total. The fourth-order valence-electron chi connectivity index (χ4n) is 1.84. The minimum atomic E-state index is 0.0257. The molecule has 0 aliphatic carbocycles. The first-order valence-corrected chi connectivity index (χ1v) is 6.40. The van der Waals surface area contributed by atoms with Gasteiger partial charge in [-0.1, -0.05) is 19.1 Å². The van der Waals surface area contributed by atoms with E-state index in [2.05, 4.69) is 5.32 Å². The molecule has 0 saturated heterocycles. The predicted molar refractivity (Wildman–Crippen MR) is 73.1 cm³/mol. The maximum atomic E-state index is 11.7. The average Bonchev–Trinajstić information content (AvgIpc) is 2.36. The number of nitrogen functional groups attached to an aromatic ring is 1. The minimum Gasteiger partial charge on any atom is -0.399 e. The number of hydrogen-bond acceptors (Lipinski definition) is 3. The maximum Gasteiger partial charge on any atom is 0.220 e. The Morgan fingerprint density at radius 2 is 2.28 bits per heavy atom. The van der Waals surface area contributed by atoms with Gasteiger partial charge in [0.15, 0.2) is 0 Å². The van der Waals surface area contributed by atoms with Gasteiger partial charge in [0.2, 0.25) is 5.91 Å². The van der Waals surface area contributed by atoms with Crippen LogP contribution in [0.2, 0.25) is 0 Å². The highest BCUT2D eigenvalue weighted by molar-refractivity contribution is 5.76.